The molecular weight excluding hydrogens is 272 g/mol. The van der Waals surface area contributed by atoms with Crippen LogP contribution in [0.3, 0.4) is 0 Å². The second kappa shape index (κ2) is 6.82. The van der Waals surface area contributed by atoms with Crippen molar-refractivity contribution >= 4 is 5.91 Å². The van der Waals surface area contributed by atoms with Crippen LogP contribution in [0.5, 0.6) is 0 Å². The SMILES string of the molecule is C[C@@H]1CN([C@H](C)CNC(=O)c2ccc(=O)[nH]n2)C[C@H](C)O1. The maximum Gasteiger partial charge on any atom is 0.271 e. The fourth-order valence-electron chi connectivity index (χ4n) is 2.51. The lowest BCUT2D eigenvalue weighted by Crippen LogP contribution is -2.52. The van der Waals surface area contributed by atoms with Gasteiger partial charge < -0.3 is 10.1 Å². The highest BCUT2D eigenvalue weighted by Crippen LogP contribution is 2.13. The molecule has 1 saturated heterocycles. The molecule has 1 fully saturated rings. The van der Waals surface area contributed by atoms with Crippen LogP contribution in [0.25, 0.3) is 0 Å². The fourth-order valence-corrected chi connectivity index (χ4v) is 2.51. The molecule has 0 bridgehead atoms. The predicted octanol–water partition coefficient (Wildman–Crippen LogP) is -0.00260. The highest BCUT2D eigenvalue weighted by Gasteiger charge is 2.25. The van der Waals surface area contributed by atoms with E-state index in [-0.39, 0.29) is 35.4 Å². The second-order valence-corrected chi connectivity index (χ2v) is 5.58. The van der Waals surface area contributed by atoms with Gasteiger partial charge in [0.25, 0.3) is 11.5 Å². The lowest BCUT2D eigenvalue weighted by molar-refractivity contribution is -0.0778. The zero-order valence-electron chi connectivity index (χ0n) is 12.6. The summed E-state index contributed by atoms with van der Waals surface area (Å²) in [5, 5.41) is 8.80. The molecule has 0 saturated carbocycles. The van der Waals surface area contributed by atoms with E-state index >= 15 is 0 Å². The Morgan fingerprint density at radius 1 is 1.48 bits per heavy atom. The molecule has 116 valence electrons. The van der Waals surface area contributed by atoms with Crippen LogP contribution < -0.4 is 10.9 Å². The van der Waals surface area contributed by atoms with Gasteiger partial charge >= 0.3 is 0 Å². The average molecular weight is 294 g/mol. The number of carbonyl (C=O) groups is 1. The van der Waals surface area contributed by atoms with Crippen molar-refractivity contribution in [3.8, 4) is 0 Å². The highest BCUT2D eigenvalue weighted by molar-refractivity contribution is 5.91. The molecular formula is C14H22N4O3. The van der Waals surface area contributed by atoms with Crippen molar-refractivity contribution in [1.82, 2.24) is 20.4 Å². The third-order valence-electron chi connectivity index (χ3n) is 3.54. The minimum atomic E-state index is -0.323. The number of H-pyrrole nitrogens is 1. The summed E-state index contributed by atoms with van der Waals surface area (Å²) in [5.41, 5.74) is -0.110. The summed E-state index contributed by atoms with van der Waals surface area (Å²) in [6, 6.07) is 2.92. The van der Waals surface area contributed by atoms with E-state index in [0.717, 1.165) is 13.1 Å². The van der Waals surface area contributed by atoms with Crippen LogP contribution in [0, 0.1) is 0 Å². The van der Waals surface area contributed by atoms with E-state index in [1.807, 2.05) is 0 Å². The number of nitrogens with zero attached hydrogens (tertiary/aromatic N) is 2. The summed E-state index contributed by atoms with van der Waals surface area (Å²) in [5.74, 6) is -0.285. The van der Waals surface area contributed by atoms with Crippen molar-refractivity contribution in [1.29, 1.82) is 0 Å². The Hall–Kier alpha value is -1.73. The molecule has 0 aliphatic carbocycles. The Kier molecular flexibility index (Phi) is 5.08. The minimum absolute atomic E-state index is 0.202. The number of morpholine rings is 1. The number of aromatic nitrogens is 2. The van der Waals surface area contributed by atoms with E-state index in [1.54, 1.807) is 0 Å². The summed E-state index contributed by atoms with van der Waals surface area (Å²) in [4.78, 5) is 25.1. The molecule has 7 heteroatoms. The molecule has 21 heavy (non-hydrogen) atoms. The second-order valence-electron chi connectivity index (χ2n) is 5.58. The normalized spacial score (nSPS) is 24.5. The minimum Gasteiger partial charge on any atom is -0.373 e. The molecule has 1 aliphatic heterocycles. The van der Waals surface area contributed by atoms with Gasteiger partial charge in [-0.15, -0.1) is 0 Å². The van der Waals surface area contributed by atoms with E-state index < -0.39 is 0 Å². The standard InChI is InChI=1S/C14H22N4O3/c1-9(18-7-10(2)21-11(3)8-18)6-15-14(20)12-4-5-13(19)17-16-12/h4-5,9-11H,6-8H2,1-3H3,(H,15,20)(H,17,19)/t9-,10-,11+/m1/s1. The van der Waals surface area contributed by atoms with Crippen LogP contribution >= 0.6 is 0 Å². The maximum absolute atomic E-state index is 11.9. The average Bonchev–Trinajstić information content (AvgIpc) is 2.44. The molecule has 0 spiro atoms. The first kappa shape index (κ1) is 15.7. The number of amides is 1. The highest BCUT2D eigenvalue weighted by atomic mass is 16.5. The van der Waals surface area contributed by atoms with Gasteiger partial charge in [-0.3, -0.25) is 14.5 Å². The number of nitrogens with one attached hydrogen (secondary N) is 2. The molecule has 2 N–H and O–H groups in total. The summed E-state index contributed by atoms with van der Waals surface area (Å²) >= 11 is 0. The maximum atomic E-state index is 11.9. The lowest BCUT2D eigenvalue weighted by atomic mass is 10.1. The van der Waals surface area contributed by atoms with Gasteiger partial charge in [0.05, 0.1) is 12.2 Å². The first-order valence-corrected chi connectivity index (χ1v) is 7.19. The van der Waals surface area contributed by atoms with Crippen LogP contribution in [0.4, 0.5) is 0 Å². The summed E-state index contributed by atoms with van der Waals surface area (Å²) in [7, 11) is 0. The van der Waals surface area contributed by atoms with Gasteiger partial charge in [-0.25, -0.2) is 5.10 Å². The fraction of sp³-hybridized carbons (Fsp3) is 0.643. The van der Waals surface area contributed by atoms with Gasteiger partial charge in [0.15, 0.2) is 0 Å². The Balaban J connectivity index is 1.85. The van der Waals surface area contributed by atoms with Crippen molar-refractivity contribution in [2.45, 2.75) is 39.0 Å². The van der Waals surface area contributed by atoms with E-state index in [4.69, 9.17) is 4.74 Å². The quantitative estimate of drug-likeness (QED) is 0.816. The Morgan fingerprint density at radius 2 is 2.14 bits per heavy atom. The molecule has 1 aromatic heterocycles. The molecule has 2 rings (SSSR count). The Bertz CT molecular complexity index is 515. The zero-order valence-corrected chi connectivity index (χ0v) is 12.6. The van der Waals surface area contributed by atoms with Gasteiger partial charge in [-0.2, -0.15) is 5.10 Å². The molecule has 7 nitrogen and oxygen atoms in total. The van der Waals surface area contributed by atoms with Crippen LogP contribution in [0.2, 0.25) is 0 Å². The first-order chi connectivity index (χ1) is 9.95. The van der Waals surface area contributed by atoms with Gasteiger partial charge in [0.1, 0.15) is 5.69 Å². The van der Waals surface area contributed by atoms with Gasteiger partial charge in [0, 0.05) is 31.7 Å². The van der Waals surface area contributed by atoms with E-state index in [2.05, 4.69) is 41.2 Å². The Labute approximate surface area is 123 Å². The van der Waals surface area contributed by atoms with Crippen molar-refractivity contribution in [3.63, 3.8) is 0 Å². The van der Waals surface area contributed by atoms with Crippen molar-refractivity contribution in [2.24, 2.45) is 0 Å². The third kappa shape index (κ3) is 4.37. The van der Waals surface area contributed by atoms with Crippen molar-refractivity contribution in [3.05, 3.63) is 28.2 Å². The number of aromatic amines is 1. The van der Waals surface area contributed by atoms with Crippen molar-refractivity contribution in [2.75, 3.05) is 19.6 Å². The molecule has 1 aliphatic rings. The smallest absolute Gasteiger partial charge is 0.271 e. The monoisotopic (exact) mass is 294 g/mol. The zero-order chi connectivity index (χ0) is 15.4. The third-order valence-corrected chi connectivity index (χ3v) is 3.54. The van der Waals surface area contributed by atoms with Gasteiger partial charge in [-0.1, -0.05) is 0 Å². The number of hydrogen-bond acceptors (Lipinski definition) is 5. The molecule has 1 amide bonds. The predicted molar refractivity (Wildman–Crippen MR) is 78.2 cm³/mol. The molecule has 3 atom stereocenters. The topological polar surface area (TPSA) is 87.3 Å². The lowest BCUT2D eigenvalue weighted by Gasteiger charge is -2.38. The number of rotatable bonds is 4. The molecule has 0 aromatic carbocycles. The van der Waals surface area contributed by atoms with Crippen LogP contribution in [0.1, 0.15) is 31.3 Å². The largest absolute Gasteiger partial charge is 0.373 e. The number of ether oxygens (including phenoxy) is 1. The molecule has 0 radical (unpaired) electrons. The van der Waals surface area contributed by atoms with Crippen LogP contribution in [0.15, 0.2) is 16.9 Å². The summed E-state index contributed by atoms with van der Waals surface area (Å²) in [6.45, 7) is 8.43. The summed E-state index contributed by atoms with van der Waals surface area (Å²) < 4.78 is 5.70. The van der Waals surface area contributed by atoms with Gasteiger partial charge in [0.2, 0.25) is 0 Å². The van der Waals surface area contributed by atoms with E-state index in [9.17, 15) is 9.59 Å². The molecule has 0 unspecified atom stereocenters. The van der Waals surface area contributed by atoms with Crippen LogP contribution in [-0.4, -0.2) is 58.9 Å². The van der Waals surface area contributed by atoms with Gasteiger partial charge in [-0.05, 0) is 26.8 Å². The van der Waals surface area contributed by atoms with Crippen molar-refractivity contribution < 1.29 is 9.53 Å². The molecule has 1 aromatic rings. The van der Waals surface area contributed by atoms with E-state index in [1.165, 1.54) is 12.1 Å². The number of carbonyl (C=O) groups excluding carboxylic acids is 1. The first-order valence-electron chi connectivity index (χ1n) is 7.19. The number of hydrogen-bond donors (Lipinski definition) is 2. The van der Waals surface area contributed by atoms with E-state index in [0.29, 0.717) is 6.54 Å². The van der Waals surface area contributed by atoms with Crippen LogP contribution in [-0.2, 0) is 4.74 Å². The Morgan fingerprint density at radius 3 is 2.71 bits per heavy atom. The summed E-state index contributed by atoms with van der Waals surface area (Å²) in [6.07, 6.45) is 0.403. The molecule has 2 heterocycles.